The molecule has 4 heteroatoms. The molecule has 3 nitrogen and oxygen atoms in total. The molecule has 1 aromatic heterocycles. The highest BCUT2D eigenvalue weighted by atomic mass is 32.1. The van der Waals surface area contributed by atoms with Crippen LogP contribution >= 0.6 is 11.3 Å². The Morgan fingerprint density at radius 3 is 3.00 bits per heavy atom. The lowest BCUT2D eigenvalue weighted by molar-refractivity contribution is -0.131. The molecule has 0 radical (unpaired) electrons. The molecule has 0 saturated heterocycles. The minimum Gasteiger partial charge on any atom is -0.478 e. The minimum absolute atomic E-state index is 0.695. The van der Waals surface area contributed by atoms with Gasteiger partial charge in [0.05, 0.1) is 11.2 Å². The van der Waals surface area contributed by atoms with E-state index < -0.39 is 5.97 Å². The lowest BCUT2D eigenvalue weighted by Gasteiger charge is -1.87. The molecule has 0 aliphatic carbocycles. The molecule has 13 heavy (non-hydrogen) atoms. The highest BCUT2D eigenvalue weighted by Gasteiger charge is 1.90. The third-order valence-electron chi connectivity index (χ3n) is 1.32. The summed E-state index contributed by atoms with van der Waals surface area (Å²) in [7, 11) is 0. The Morgan fingerprint density at radius 2 is 2.46 bits per heavy atom. The molecule has 0 bridgehead atoms. The normalized spacial score (nSPS) is 12.2. The van der Waals surface area contributed by atoms with Crippen LogP contribution in [0.2, 0.25) is 0 Å². The van der Waals surface area contributed by atoms with E-state index in [1.54, 1.807) is 24.6 Å². The van der Waals surface area contributed by atoms with Crippen molar-refractivity contribution in [2.24, 2.45) is 0 Å². The summed E-state index contributed by atoms with van der Waals surface area (Å²) >= 11 is 1.51. The Labute approximate surface area is 80.1 Å². The number of hydrogen-bond donors (Lipinski definition) is 1. The second kappa shape index (κ2) is 4.57. The Kier molecular flexibility index (Phi) is 3.40. The van der Waals surface area contributed by atoms with Crippen molar-refractivity contribution in [3.63, 3.8) is 0 Å². The third kappa shape index (κ3) is 3.66. The van der Waals surface area contributed by atoms with Crippen molar-refractivity contribution in [1.29, 1.82) is 0 Å². The number of aliphatic carboxylic acids is 1. The van der Waals surface area contributed by atoms with Crippen LogP contribution in [0.25, 0.3) is 6.08 Å². The molecule has 1 rings (SSSR count). The van der Waals surface area contributed by atoms with Crippen LogP contribution in [-0.4, -0.2) is 16.1 Å². The number of rotatable bonds is 3. The lowest BCUT2D eigenvalue weighted by Crippen LogP contribution is -1.87. The lowest BCUT2D eigenvalue weighted by atomic mass is 10.2. The van der Waals surface area contributed by atoms with E-state index in [0.29, 0.717) is 5.57 Å². The Morgan fingerprint density at radius 1 is 1.69 bits per heavy atom. The number of nitrogens with zero attached hydrogens (tertiary/aromatic N) is 1. The van der Waals surface area contributed by atoms with Crippen molar-refractivity contribution < 1.29 is 9.90 Å². The van der Waals surface area contributed by atoms with Crippen LogP contribution in [0, 0.1) is 0 Å². The van der Waals surface area contributed by atoms with E-state index in [1.807, 2.05) is 5.38 Å². The van der Waals surface area contributed by atoms with E-state index in [2.05, 4.69) is 4.98 Å². The maximum atomic E-state index is 10.2. The number of allylic oxidation sites excluding steroid dienone is 2. The van der Waals surface area contributed by atoms with Gasteiger partial charge in [-0.1, -0.05) is 6.08 Å². The maximum absolute atomic E-state index is 10.2. The standard InChI is InChI=1S/C9H9NO2S/c1-7(4-9(11)12)2-3-8-5-13-6-10-8/h2-6H,1H3,(H,11,12)/b3-2+,7-4-. The zero-order valence-electron chi connectivity index (χ0n) is 7.10. The molecule has 68 valence electrons. The van der Waals surface area contributed by atoms with Crippen LogP contribution in [0.15, 0.2) is 28.6 Å². The first kappa shape index (κ1) is 9.67. The average Bonchev–Trinajstić information content (AvgIpc) is 2.51. The Bertz CT molecular complexity index is 339. The number of thiazole rings is 1. The maximum Gasteiger partial charge on any atom is 0.328 e. The fourth-order valence-electron chi connectivity index (χ4n) is 0.764. The van der Waals surface area contributed by atoms with E-state index >= 15 is 0 Å². The Hall–Kier alpha value is -1.42. The van der Waals surface area contributed by atoms with Crippen molar-refractivity contribution in [1.82, 2.24) is 4.98 Å². The van der Waals surface area contributed by atoms with Gasteiger partial charge in [-0.2, -0.15) is 0 Å². The first-order chi connectivity index (χ1) is 6.18. The van der Waals surface area contributed by atoms with Gasteiger partial charge in [-0.05, 0) is 18.6 Å². The third-order valence-corrected chi connectivity index (χ3v) is 1.92. The molecular formula is C9H9NO2S. The second-order valence-corrected chi connectivity index (χ2v) is 3.19. The molecule has 1 aromatic rings. The molecule has 0 aliphatic heterocycles. The van der Waals surface area contributed by atoms with Crippen LogP contribution in [0.3, 0.4) is 0 Å². The summed E-state index contributed by atoms with van der Waals surface area (Å²) < 4.78 is 0. The van der Waals surface area contributed by atoms with Gasteiger partial charge < -0.3 is 5.11 Å². The summed E-state index contributed by atoms with van der Waals surface area (Å²) in [5.74, 6) is -0.930. The summed E-state index contributed by atoms with van der Waals surface area (Å²) in [6.45, 7) is 1.73. The molecule has 1 heterocycles. The van der Waals surface area contributed by atoms with Crippen molar-refractivity contribution >= 4 is 23.4 Å². The number of aromatic nitrogens is 1. The van der Waals surface area contributed by atoms with Crippen LogP contribution in [0.4, 0.5) is 0 Å². The topological polar surface area (TPSA) is 50.2 Å². The van der Waals surface area contributed by atoms with Gasteiger partial charge in [-0.15, -0.1) is 11.3 Å². The molecule has 0 amide bonds. The van der Waals surface area contributed by atoms with Gasteiger partial charge in [-0.3, -0.25) is 0 Å². The summed E-state index contributed by atoms with van der Waals surface area (Å²) in [4.78, 5) is 14.3. The van der Waals surface area contributed by atoms with E-state index in [4.69, 9.17) is 5.11 Å². The van der Waals surface area contributed by atoms with Gasteiger partial charge in [0.25, 0.3) is 0 Å². The van der Waals surface area contributed by atoms with Crippen LogP contribution in [-0.2, 0) is 4.79 Å². The first-order valence-electron chi connectivity index (χ1n) is 3.66. The molecular weight excluding hydrogens is 186 g/mol. The van der Waals surface area contributed by atoms with Gasteiger partial charge in [0.15, 0.2) is 0 Å². The zero-order valence-corrected chi connectivity index (χ0v) is 7.91. The predicted octanol–water partition coefficient (Wildman–Crippen LogP) is 2.19. The van der Waals surface area contributed by atoms with Crippen molar-refractivity contribution in [3.8, 4) is 0 Å². The van der Waals surface area contributed by atoms with Crippen LogP contribution < -0.4 is 0 Å². The summed E-state index contributed by atoms with van der Waals surface area (Å²) in [5, 5.41) is 10.3. The zero-order chi connectivity index (χ0) is 9.68. The quantitative estimate of drug-likeness (QED) is 0.594. The summed E-state index contributed by atoms with van der Waals surface area (Å²) in [6, 6.07) is 0. The fourth-order valence-corrected chi connectivity index (χ4v) is 1.29. The Balaban J connectivity index is 2.64. The van der Waals surface area contributed by atoms with Crippen LogP contribution in [0.1, 0.15) is 12.6 Å². The van der Waals surface area contributed by atoms with E-state index in [-0.39, 0.29) is 0 Å². The molecule has 0 fully saturated rings. The van der Waals surface area contributed by atoms with E-state index in [1.165, 1.54) is 11.3 Å². The van der Waals surface area contributed by atoms with Crippen molar-refractivity contribution in [3.05, 3.63) is 34.3 Å². The number of carboxylic acids is 1. The SMILES string of the molecule is CC(=C/C(=O)O)/C=C/c1cscn1. The van der Waals surface area contributed by atoms with Gasteiger partial charge in [0.2, 0.25) is 0 Å². The van der Waals surface area contributed by atoms with Crippen LogP contribution in [0.5, 0.6) is 0 Å². The van der Waals surface area contributed by atoms with Gasteiger partial charge in [-0.25, -0.2) is 9.78 Å². The number of carboxylic acid groups (broad SMARTS) is 1. The molecule has 0 atom stereocenters. The summed E-state index contributed by atoms with van der Waals surface area (Å²) in [5.41, 5.74) is 3.28. The van der Waals surface area contributed by atoms with Crippen molar-refractivity contribution in [2.75, 3.05) is 0 Å². The molecule has 0 saturated carbocycles. The monoisotopic (exact) mass is 195 g/mol. The predicted molar refractivity (Wildman–Crippen MR) is 52.5 cm³/mol. The highest BCUT2D eigenvalue weighted by molar-refractivity contribution is 7.07. The molecule has 0 unspecified atom stereocenters. The van der Waals surface area contributed by atoms with E-state index in [0.717, 1.165) is 11.8 Å². The van der Waals surface area contributed by atoms with Gasteiger partial charge >= 0.3 is 5.97 Å². The molecule has 0 spiro atoms. The molecule has 0 aromatic carbocycles. The number of carbonyl (C=O) groups is 1. The number of hydrogen-bond acceptors (Lipinski definition) is 3. The molecule has 1 N–H and O–H groups in total. The largest absolute Gasteiger partial charge is 0.478 e. The average molecular weight is 195 g/mol. The second-order valence-electron chi connectivity index (χ2n) is 2.47. The molecule has 0 aliphatic rings. The minimum atomic E-state index is -0.930. The van der Waals surface area contributed by atoms with Gasteiger partial charge in [0.1, 0.15) is 0 Å². The van der Waals surface area contributed by atoms with E-state index in [9.17, 15) is 4.79 Å². The fraction of sp³-hybridized carbons (Fsp3) is 0.111. The summed E-state index contributed by atoms with van der Waals surface area (Å²) in [6.07, 6.45) is 4.66. The highest BCUT2D eigenvalue weighted by Crippen LogP contribution is 2.05. The van der Waals surface area contributed by atoms with Crippen molar-refractivity contribution in [2.45, 2.75) is 6.92 Å². The smallest absolute Gasteiger partial charge is 0.328 e. The van der Waals surface area contributed by atoms with Gasteiger partial charge in [0, 0.05) is 11.5 Å². The first-order valence-corrected chi connectivity index (χ1v) is 4.60.